The summed E-state index contributed by atoms with van der Waals surface area (Å²) < 4.78 is 0. The topological polar surface area (TPSA) is 32.3 Å². The van der Waals surface area contributed by atoms with Crippen LogP contribution in [0.4, 0.5) is 0 Å². The highest BCUT2D eigenvalue weighted by Crippen LogP contribution is 2.28. The van der Waals surface area contributed by atoms with Gasteiger partial charge in [-0.3, -0.25) is 4.79 Å². The van der Waals surface area contributed by atoms with Gasteiger partial charge in [-0.2, -0.15) is 0 Å². The molecule has 0 radical (unpaired) electrons. The van der Waals surface area contributed by atoms with Gasteiger partial charge in [0.15, 0.2) is 0 Å². The van der Waals surface area contributed by atoms with Gasteiger partial charge in [0.25, 0.3) is 5.91 Å². The standard InChI is InChI=1S/C14H22N2OS2/c1-3-15-10-11-4-7-16(8-5-11)14(17)13-12(18-2)6-9-19-13/h6,9,11,15H,3-5,7-8,10H2,1-2H3. The highest BCUT2D eigenvalue weighted by atomic mass is 32.2. The molecule has 1 amide bonds. The monoisotopic (exact) mass is 298 g/mol. The summed E-state index contributed by atoms with van der Waals surface area (Å²) in [5.41, 5.74) is 0. The van der Waals surface area contributed by atoms with E-state index in [9.17, 15) is 4.79 Å². The Hall–Kier alpha value is -0.520. The van der Waals surface area contributed by atoms with E-state index >= 15 is 0 Å². The average Bonchev–Trinajstić information content (AvgIpc) is 2.93. The number of piperidine rings is 1. The SMILES string of the molecule is CCNCC1CCN(C(=O)c2sccc2SC)CC1. The van der Waals surface area contributed by atoms with Crippen molar-refractivity contribution in [1.82, 2.24) is 10.2 Å². The lowest BCUT2D eigenvalue weighted by Gasteiger charge is -2.32. The molecule has 1 aliphatic rings. The van der Waals surface area contributed by atoms with Crippen LogP contribution in [-0.2, 0) is 0 Å². The zero-order valence-electron chi connectivity index (χ0n) is 11.6. The fourth-order valence-corrected chi connectivity index (χ4v) is 4.16. The number of hydrogen-bond acceptors (Lipinski definition) is 4. The summed E-state index contributed by atoms with van der Waals surface area (Å²) in [6.07, 6.45) is 4.28. The predicted molar refractivity (Wildman–Crippen MR) is 83.3 cm³/mol. The van der Waals surface area contributed by atoms with Crippen LogP contribution in [0.5, 0.6) is 0 Å². The fraction of sp³-hybridized carbons (Fsp3) is 0.643. The molecule has 1 aliphatic heterocycles. The molecule has 5 heteroatoms. The second kappa shape index (κ2) is 7.31. The van der Waals surface area contributed by atoms with Gasteiger partial charge in [0.2, 0.25) is 0 Å². The largest absolute Gasteiger partial charge is 0.338 e. The molecule has 1 N–H and O–H groups in total. The Morgan fingerprint density at radius 3 is 2.89 bits per heavy atom. The number of amides is 1. The van der Waals surface area contributed by atoms with Crippen LogP contribution < -0.4 is 5.32 Å². The smallest absolute Gasteiger partial charge is 0.265 e. The molecule has 1 fully saturated rings. The maximum Gasteiger partial charge on any atom is 0.265 e. The van der Waals surface area contributed by atoms with E-state index in [1.54, 1.807) is 23.1 Å². The molecule has 19 heavy (non-hydrogen) atoms. The summed E-state index contributed by atoms with van der Waals surface area (Å²) in [7, 11) is 0. The zero-order valence-corrected chi connectivity index (χ0v) is 13.3. The summed E-state index contributed by atoms with van der Waals surface area (Å²) in [4.78, 5) is 16.5. The molecule has 1 aromatic heterocycles. The third-order valence-corrected chi connectivity index (χ3v) is 5.44. The van der Waals surface area contributed by atoms with Crippen molar-refractivity contribution in [3.63, 3.8) is 0 Å². The van der Waals surface area contributed by atoms with Gasteiger partial charge < -0.3 is 10.2 Å². The van der Waals surface area contributed by atoms with E-state index < -0.39 is 0 Å². The molecule has 0 bridgehead atoms. The molecule has 0 atom stereocenters. The van der Waals surface area contributed by atoms with E-state index in [0.717, 1.165) is 54.7 Å². The molecule has 0 unspecified atom stereocenters. The number of nitrogens with zero attached hydrogens (tertiary/aromatic N) is 1. The summed E-state index contributed by atoms with van der Waals surface area (Å²) in [6.45, 7) is 6.07. The maximum atomic E-state index is 12.5. The van der Waals surface area contributed by atoms with Crippen LogP contribution in [0.2, 0.25) is 0 Å². The molecular formula is C14H22N2OS2. The van der Waals surface area contributed by atoms with Crippen LogP contribution in [0.3, 0.4) is 0 Å². The molecule has 3 nitrogen and oxygen atoms in total. The Morgan fingerprint density at radius 2 is 2.26 bits per heavy atom. The normalized spacial score (nSPS) is 16.8. The number of hydrogen-bond donors (Lipinski definition) is 1. The van der Waals surface area contributed by atoms with Crippen molar-refractivity contribution in [3.8, 4) is 0 Å². The van der Waals surface area contributed by atoms with Crippen molar-refractivity contribution in [3.05, 3.63) is 16.3 Å². The van der Waals surface area contributed by atoms with Gasteiger partial charge in [0, 0.05) is 18.0 Å². The summed E-state index contributed by atoms with van der Waals surface area (Å²) in [5, 5.41) is 5.41. The number of carbonyl (C=O) groups excluding carboxylic acids is 1. The quantitative estimate of drug-likeness (QED) is 0.848. The first-order valence-corrected chi connectivity index (χ1v) is 8.98. The molecule has 106 valence electrons. The number of rotatable bonds is 5. The van der Waals surface area contributed by atoms with Gasteiger partial charge in [-0.1, -0.05) is 6.92 Å². The lowest BCUT2D eigenvalue weighted by molar-refractivity contribution is 0.0692. The molecule has 1 aromatic rings. The number of nitrogens with one attached hydrogen (secondary N) is 1. The Bertz CT molecular complexity index is 411. The van der Waals surface area contributed by atoms with Crippen molar-refractivity contribution in [1.29, 1.82) is 0 Å². The van der Waals surface area contributed by atoms with Crippen molar-refractivity contribution in [2.75, 3.05) is 32.4 Å². The van der Waals surface area contributed by atoms with Crippen molar-refractivity contribution in [2.24, 2.45) is 5.92 Å². The molecule has 2 rings (SSSR count). The van der Waals surface area contributed by atoms with E-state index in [1.165, 1.54) is 0 Å². The van der Waals surface area contributed by atoms with E-state index in [-0.39, 0.29) is 5.91 Å². The second-order valence-electron chi connectivity index (χ2n) is 4.86. The lowest BCUT2D eigenvalue weighted by atomic mass is 9.96. The minimum absolute atomic E-state index is 0.223. The van der Waals surface area contributed by atoms with Crippen LogP contribution in [0.25, 0.3) is 0 Å². The van der Waals surface area contributed by atoms with E-state index in [4.69, 9.17) is 0 Å². The minimum atomic E-state index is 0.223. The van der Waals surface area contributed by atoms with Gasteiger partial charge in [0.05, 0.1) is 0 Å². The zero-order chi connectivity index (χ0) is 13.7. The van der Waals surface area contributed by atoms with Gasteiger partial charge in [0.1, 0.15) is 4.88 Å². The van der Waals surface area contributed by atoms with Crippen LogP contribution in [0, 0.1) is 5.92 Å². The summed E-state index contributed by atoms with van der Waals surface area (Å²) >= 11 is 3.23. The second-order valence-corrected chi connectivity index (χ2v) is 6.63. The summed E-state index contributed by atoms with van der Waals surface area (Å²) in [6, 6.07) is 2.04. The minimum Gasteiger partial charge on any atom is -0.338 e. The first-order valence-electron chi connectivity index (χ1n) is 6.87. The Morgan fingerprint density at radius 1 is 1.53 bits per heavy atom. The number of carbonyl (C=O) groups is 1. The van der Waals surface area contributed by atoms with Crippen molar-refractivity contribution < 1.29 is 4.79 Å². The molecular weight excluding hydrogens is 276 g/mol. The Labute approximate surface area is 123 Å². The highest BCUT2D eigenvalue weighted by molar-refractivity contribution is 7.98. The number of likely N-dealkylation sites (tertiary alicyclic amines) is 1. The number of thioether (sulfide) groups is 1. The molecule has 2 heterocycles. The lowest BCUT2D eigenvalue weighted by Crippen LogP contribution is -2.40. The van der Waals surface area contributed by atoms with Crippen molar-refractivity contribution >= 4 is 29.0 Å². The van der Waals surface area contributed by atoms with E-state index in [2.05, 4.69) is 12.2 Å². The third kappa shape index (κ3) is 3.74. The van der Waals surface area contributed by atoms with E-state index in [0.29, 0.717) is 0 Å². The van der Waals surface area contributed by atoms with Crippen molar-refractivity contribution in [2.45, 2.75) is 24.7 Å². The fourth-order valence-electron chi connectivity index (χ4n) is 2.45. The number of thiophene rings is 1. The van der Waals surface area contributed by atoms with Crippen LogP contribution in [0.15, 0.2) is 16.3 Å². The molecule has 0 aliphatic carbocycles. The van der Waals surface area contributed by atoms with Crippen LogP contribution in [0.1, 0.15) is 29.4 Å². The third-order valence-electron chi connectivity index (χ3n) is 3.63. The summed E-state index contributed by atoms with van der Waals surface area (Å²) in [5.74, 6) is 0.952. The van der Waals surface area contributed by atoms with E-state index in [1.807, 2.05) is 22.6 Å². The molecule has 0 spiro atoms. The first kappa shape index (κ1) is 14.9. The average molecular weight is 298 g/mol. The molecule has 0 aromatic carbocycles. The van der Waals surface area contributed by atoms with Gasteiger partial charge >= 0.3 is 0 Å². The highest BCUT2D eigenvalue weighted by Gasteiger charge is 2.25. The van der Waals surface area contributed by atoms with Crippen LogP contribution >= 0.6 is 23.1 Å². The van der Waals surface area contributed by atoms with Crippen LogP contribution in [-0.4, -0.2) is 43.2 Å². The van der Waals surface area contributed by atoms with Gasteiger partial charge in [-0.15, -0.1) is 23.1 Å². The maximum absolute atomic E-state index is 12.5. The molecule has 0 saturated carbocycles. The van der Waals surface area contributed by atoms with Gasteiger partial charge in [-0.25, -0.2) is 0 Å². The Kier molecular flexibility index (Phi) is 5.73. The van der Waals surface area contributed by atoms with Gasteiger partial charge in [-0.05, 0) is 49.6 Å². The molecule has 1 saturated heterocycles. The first-order chi connectivity index (χ1) is 9.26. The predicted octanol–water partition coefficient (Wildman–Crippen LogP) is 2.93. The Balaban J connectivity index is 1.89.